The number of benzene rings is 2. The molecule has 19 heavy (non-hydrogen) atoms. The second-order valence-corrected chi connectivity index (χ2v) is 6.13. The number of nitrogens with zero attached hydrogens (tertiary/aromatic N) is 1. The zero-order valence-corrected chi connectivity index (χ0v) is 13.5. The van der Waals surface area contributed by atoms with Crippen molar-refractivity contribution in [2.45, 2.75) is 6.92 Å². The summed E-state index contributed by atoms with van der Waals surface area (Å²) in [5.74, 6) is 0. The van der Waals surface area contributed by atoms with Crippen LogP contribution >= 0.6 is 31.9 Å². The quantitative estimate of drug-likeness (QED) is 0.528. The Bertz CT molecular complexity index is 752. The summed E-state index contributed by atoms with van der Waals surface area (Å²) in [6.07, 6.45) is 0. The molecule has 0 spiro atoms. The predicted octanol–water partition coefficient (Wildman–Crippen LogP) is 5.74. The molecule has 0 N–H and O–H groups in total. The molecule has 0 saturated heterocycles. The summed E-state index contributed by atoms with van der Waals surface area (Å²) in [5, 5.41) is 1.14. The second kappa shape index (κ2) is 5.06. The Balaban J connectivity index is 2.32. The van der Waals surface area contributed by atoms with E-state index in [1.54, 1.807) is 0 Å². The minimum absolute atomic E-state index is 0.987. The van der Waals surface area contributed by atoms with Crippen LogP contribution in [0.2, 0.25) is 0 Å². The first-order valence-electron chi connectivity index (χ1n) is 5.97. The lowest BCUT2D eigenvalue weighted by molar-refractivity contribution is 1.34. The number of halogens is 2. The van der Waals surface area contributed by atoms with Gasteiger partial charge in [-0.15, -0.1) is 0 Å². The van der Waals surface area contributed by atoms with Crippen LogP contribution in [0.1, 0.15) is 5.56 Å². The summed E-state index contributed by atoms with van der Waals surface area (Å²) in [6.45, 7) is 2.08. The third-order valence-electron chi connectivity index (χ3n) is 3.19. The van der Waals surface area contributed by atoms with Crippen molar-refractivity contribution in [1.82, 2.24) is 4.98 Å². The SMILES string of the molecule is Cc1c(Br)ccc2c(Br)cc(-c3ccccc3)nc12. The fourth-order valence-corrected chi connectivity index (χ4v) is 2.98. The van der Waals surface area contributed by atoms with Crippen molar-refractivity contribution in [2.75, 3.05) is 0 Å². The molecule has 0 atom stereocenters. The van der Waals surface area contributed by atoms with Crippen LogP contribution in [0, 0.1) is 6.92 Å². The van der Waals surface area contributed by atoms with Crippen molar-refractivity contribution in [3.05, 3.63) is 63.0 Å². The van der Waals surface area contributed by atoms with Crippen molar-refractivity contribution < 1.29 is 0 Å². The first kappa shape index (κ1) is 12.8. The third kappa shape index (κ3) is 2.33. The highest BCUT2D eigenvalue weighted by molar-refractivity contribution is 9.11. The van der Waals surface area contributed by atoms with Gasteiger partial charge in [-0.25, -0.2) is 4.98 Å². The molecule has 1 heterocycles. The van der Waals surface area contributed by atoms with E-state index in [9.17, 15) is 0 Å². The molecule has 1 nitrogen and oxygen atoms in total. The molecule has 0 bridgehead atoms. The fraction of sp³-hybridized carbons (Fsp3) is 0.0625. The molecule has 0 amide bonds. The fourth-order valence-electron chi connectivity index (χ4n) is 2.12. The van der Waals surface area contributed by atoms with Gasteiger partial charge in [-0.3, -0.25) is 0 Å². The van der Waals surface area contributed by atoms with Gasteiger partial charge in [0.2, 0.25) is 0 Å². The highest BCUT2D eigenvalue weighted by atomic mass is 79.9. The number of hydrogen-bond acceptors (Lipinski definition) is 1. The lowest BCUT2D eigenvalue weighted by atomic mass is 10.1. The standard InChI is InChI=1S/C16H11Br2N/c1-10-13(17)8-7-12-14(18)9-15(19-16(10)12)11-5-3-2-4-6-11/h2-9H,1H3. The molecule has 3 heteroatoms. The minimum atomic E-state index is 0.987. The lowest BCUT2D eigenvalue weighted by Crippen LogP contribution is -1.90. The van der Waals surface area contributed by atoms with Gasteiger partial charge in [0.15, 0.2) is 0 Å². The second-order valence-electron chi connectivity index (χ2n) is 4.42. The van der Waals surface area contributed by atoms with Crippen molar-refractivity contribution in [3.63, 3.8) is 0 Å². The number of pyridine rings is 1. The van der Waals surface area contributed by atoms with Gasteiger partial charge in [-0.2, -0.15) is 0 Å². The molecular weight excluding hydrogens is 366 g/mol. The summed E-state index contributed by atoms with van der Waals surface area (Å²) in [5.41, 5.74) is 4.31. The Morgan fingerprint density at radius 1 is 0.895 bits per heavy atom. The molecule has 0 aliphatic heterocycles. The normalized spacial score (nSPS) is 10.9. The molecule has 0 unspecified atom stereocenters. The number of rotatable bonds is 1. The molecular formula is C16H11Br2N. The maximum Gasteiger partial charge on any atom is 0.0761 e. The van der Waals surface area contributed by atoms with Crippen LogP contribution in [-0.2, 0) is 0 Å². The van der Waals surface area contributed by atoms with Crippen LogP contribution in [-0.4, -0.2) is 4.98 Å². The molecule has 0 aliphatic rings. The Kier molecular flexibility index (Phi) is 3.42. The summed E-state index contributed by atoms with van der Waals surface area (Å²) in [4.78, 5) is 4.81. The molecule has 0 radical (unpaired) electrons. The molecule has 94 valence electrons. The summed E-state index contributed by atoms with van der Waals surface area (Å²) in [7, 11) is 0. The van der Waals surface area contributed by atoms with Gasteiger partial charge in [0.25, 0.3) is 0 Å². The molecule has 0 fully saturated rings. The molecule has 0 aliphatic carbocycles. The summed E-state index contributed by atoms with van der Waals surface area (Å²) >= 11 is 7.21. The summed E-state index contributed by atoms with van der Waals surface area (Å²) < 4.78 is 2.16. The van der Waals surface area contributed by atoms with E-state index in [1.807, 2.05) is 18.2 Å². The maximum atomic E-state index is 4.81. The average molecular weight is 377 g/mol. The van der Waals surface area contributed by atoms with Crippen molar-refractivity contribution in [2.24, 2.45) is 0 Å². The van der Waals surface area contributed by atoms with Crippen molar-refractivity contribution in [1.29, 1.82) is 0 Å². The van der Waals surface area contributed by atoms with E-state index in [1.165, 1.54) is 0 Å². The minimum Gasteiger partial charge on any atom is -0.247 e. The topological polar surface area (TPSA) is 12.9 Å². The van der Waals surface area contributed by atoms with E-state index >= 15 is 0 Å². The Hall–Kier alpha value is -1.19. The van der Waals surface area contributed by atoms with Crippen molar-refractivity contribution >= 4 is 42.8 Å². The van der Waals surface area contributed by atoms with Gasteiger partial charge in [-0.1, -0.05) is 68.3 Å². The van der Waals surface area contributed by atoms with E-state index in [0.717, 1.165) is 36.7 Å². The largest absolute Gasteiger partial charge is 0.247 e. The van der Waals surface area contributed by atoms with Crippen LogP contribution in [0.25, 0.3) is 22.2 Å². The van der Waals surface area contributed by atoms with Gasteiger partial charge >= 0.3 is 0 Å². The van der Waals surface area contributed by atoms with E-state index in [2.05, 4.69) is 69.1 Å². The van der Waals surface area contributed by atoms with Gasteiger partial charge < -0.3 is 0 Å². The maximum absolute atomic E-state index is 4.81. The zero-order valence-electron chi connectivity index (χ0n) is 10.3. The molecule has 1 aromatic heterocycles. The monoisotopic (exact) mass is 375 g/mol. The number of hydrogen-bond donors (Lipinski definition) is 0. The van der Waals surface area contributed by atoms with Crippen LogP contribution in [0.5, 0.6) is 0 Å². The van der Waals surface area contributed by atoms with Gasteiger partial charge in [0, 0.05) is 19.9 Å². The molecule has 3 rings (SSSR count). The summed E-state index contributed by atoms with van der Waals surface area (Å²) in [6, 6.07) is 16.4. The average Bonchev–Trinajstić information content (AvgIpc) is 2.44. The van der Waals surface area contributed by atoms with Gasteiger partial charge in [0.05, 0.1) is 11.2 Å². The van der Waals surface area contributed by atoms with Crippen molar-refractivity contribution in [3.8, 4) is 11.3 Å². The first-order valence-corrected chi connectivity index (χ1v) is 7.56. The first-order chi connectivity index (χ1) is 9.16. The highest BCUT2D eigenvalue weighted by Crippen LogP contribution is 2.32. The van der Waals surface area contributed by atoms with Gasteiger partial charge in [-0.05, 0) is 24.6 Å². The van der Waals surface area contributed by atoms with E-state index in [4.69, 9.17) is 4.98 Å². The third-order valence-corrected chi connectivity index (χ3v) is 4.70. The molecule has 0 saturated carbocycles. The highest BCUT2D eigenvalue weighted by Gasteiger charge is 2.09. The van der Waals surface area contributed by atoms with Crippen LogP contribution in [0.15, 0.2) is 57.5 Å². The van der Waals surface area contributed by atoms with Crippen LogP contribution in [0.3, 0.4) is 0 Å². The van der Waals surface area contributed by atoms with E-state index in [0.29, 0.717) is 0 Å². The Labute approximate surface area is 128 Å². The number of aromatic nitrogens is 1. The molecule has 2 aromatic carbocycles. The Morgan fingerprint density at radius 3 is 2.37 bits per heavy atom. The van der Waals surface area contributed by atoms with Gasteiger partial charge in [0.1, 0.15) is 0 Å². The number of aryl methyl sites for hydroxylation is 1. The molecule has 3 aromatic rings. The number of fused-ring (bicyclic) bond motifs is 1. The van der Waals surface area contributed by atoms with Crippen LogP contribution in [0.4, 0.5) is 0 Å². The van der Waals surface area contributed by atoms with Crippen LogP contribution < -0.4 is 0 Å². The lowest BCUT2D eigenvalue weighted by Gasteiger charge is -2.09. The predicted molar refractivity (Wildman–Crippen MR) is 87.3 cm³/mol. The Morgan fingerprint density at radius 2 is 1.63 bits per heavy atom. The van der Waals surface area contributed by atoms with E-state index < -0.39 is 0 Å². The van der Waals surface area contributed by atoms with E-state index in [-0.39, 0.29) is 0 Å². The smallest absolute Gasteiger partial charge is 0.0761 e. The zero-order chi connectivity index (χ0) is 13.4.